The monoisotopic (exact) mass is 326 g/mol. The van der Waals surface area contributed by atoms with Crippen molar-refractivity contribution in [2.24, 2.45) is 0 Å². The first-order valence-corrected chi connectivity index (χ1v) is 8.19. The van der Waals surface area contributed by atoms with Crippen LogP contribution in [0.3, 0.4) is 0 Å². The molecule has 0 saturated carbocycles. The van der Waals surface area contributed by atoms with Gasteiger partial charge in [-0.05, 0) is 24.6 Å². The first kappa shape index (κ1) is 16.5. The van der Waals surface area contributed by atoms with E-state index < -0.39 is 0 Å². The number of hydrogen-bond acceptors (Lipinski definition) is 5. The van der Waals surface area contributed by atoms with Gasteiger partial charge in [0.15, 0.2) is 0 Å². The minimum atomic E-state index is 0.143. The third-order valence-electron chi connectivity index (χ3n) is 4.05. The zero-order valence-electron chi connectivity index (χ0n) is 13.9. The third kappa shape index (κ3) is 4.34. The molecule has 6 nitrogen and oxygen atoms in total. The first-order chi connectivity index (χ1) is 11.7. The SMILES string of the molecule is Cc1cnn(C[C@H]2CN(CCOc3ccccc3C#N)CCO2)c1. The highest BCUT2D eigenvalue weighted by atomic mass is 16.5. The summed E-state index contributed by atoms with van der Waals surface area (Å²) in [6, 6.07) is 9.48. The number of benzene rings is 1. The van der Waals surface area contributed by atoms with Crippen molar-refractivity contribution in [1.29, 1.82) is 5.26 Å². The molecule has 0 radical (unpaired) electrons. The molecule has 0 N–H and O–H groups in total. The highest BCUT2D eigenvalue weighted by molar-refractivity contribution is 5.42. The van der Waals surface area contributed by atoms with Crippen LogP contribution >= 0.6 is 0 Å². The van der Waals surface area contributed by atoms with Crippen LogP contribution in [0.15, 0.2) is 36.7 Å². The average molecular weight is 326 g/mol. The molecule has 1 fully saturated rings. The average Bonchev–Trinajstić information content (AvgIpc) is 3.00. The second kappa shape index (κ2) is 7.95. The lowest BCUT2D eigenvalue weighted by molar-refractivity contribution is -0.0401. The Bertz CT molecular complexity index is 707. The van der Waals surface area contributed by atoms with E-state index in [-0.39, 0.29) is 6.10 Å². The van der Waals surface area contributed by atoms with E-state index in [9.17, 15) is 0 Å². The van der Waals surface area contributed by atoms with Crippen LogP contribution in [0.2, 0.25) is 0 Å². The second-order valence-electron chi connectivity index (χ2n) is 5.99. The summed E-state index contributed by atoms with van der Waals surface area (Å²) in [6.45, 7) is 6.67. The van der Waals surface area contributed by atoms with Gasteiger partial charge in [-0.15, -0.1) is 0 Å². The summed E-state index contributed by atoms with van der Waals surface area (Å²) < 4.78 is 13.5. The van der Waals surface area contributed by atoms with Crippen molar-refractivity contribution in [2.45, 2.75) is 19.6 Å². The van der Waals surface area contributed by atoms with Crippen molar-refractivity contribution < 1.29 is 9.47 Å². The molecule has 1 aromatic carbocycles. The number of morpholine rings is 1. The number of rotatable bonds is 6. The van der Waals surface area contributed by atoms with E-state index in [0.717, 1.165) is 38.3 Å². The van der Waals surface area contributed by atoms with E-state index in [1.165, 1.54) is 0 Å². The zero-order chi connectivity index (χ0) is 16.8. The molecule has 126 valence electrons. The second-order valence-corrected chi connectivity index (χ2v) is 5.99. The van der Waals surface area contributed by atoms with Gasteiger partial charge in [0.05, 0.1) is 31.0 Å². The maximum Gasteiger partial charge on any atom is 0.137 e. The lowest BCUT2D eigenvalue weighted by Gasteiger charge is -2.32. The Morgan fingerprint density at radius 1 is 1.42 bits per heavy atom. The molecule has 24 heavy (non-hydrogen) atoms. The largest absolute Gasteiger partial charge is 0.491 e. The Balaban J connectivity index is 1.46. The molecule has 2 heterocycles. The first-order valence-electron chi connectivity index (χ1n) is 8.19. The minimum absolute atomic E-state index is 0.143. The molecule has 1 aliphatic heterocycles. The van der Waals surface area contributed by atoms with Crippen LogP contribution in [0.25, 0.3) is 0 Å². The highest BCUT2D eigenvalue weighted by Gasteiger charge is 2.21. The van der Waals surface area contributed by atoms with Gasteiger partial charge < -0.3 is 9.47 Å². The van der Waals surface area contributed by atoms with Gasteiger partial charge in [0, 0.05) is 25.8 Å². The topological polar surface area (TPSA) is 63.3 Å². The van der Waals surface area contributed by atoms with Gasteiger partial charge in [0.25, 0.3) is 0 Å². The van der Waals surface area contributed by atoms with Gasteiger partial charge >= 0.3 is 0 Å². The molecule has 1 saturated heterocycles. The van der Waals surface area contributed by atoms with Gasteiger partial charge in [0.2, 0.25) is 0 Å². The van der Waals surface area contributed by atoms with Crippen molar-refractivity contribution >= 4 is 0 Å². The zero-order valence-corrected chi connectivity index (χ0v) is 13.9. The van der Waals surface area contributed by atoms with E-state index in [1.807, 2.05) is 42.2 Å². The maximum atomic E-state index is 9.08. The number of aryl methyl sites for hydroxylation is 1. The molecule has 1 atom stereocenters. The Labute approximate surface area is 142 Å². The van der Waals surface area contributed by atoms with Crippen LogP contribution in [0, 0.1) is 18.3 Å². The summed E-state index contributed by atoms with van der Waals surface area (Å²) >= 11 is 0. The standard InChI is InChI=1S/C18H22N4O2/c1-15-11-20-22(12-15)14-17-13-21(6-8-23-17)7-9-24-18-5-3-2-4-16(18)10-19/h2-5,11-12,17H,6-9,13-14H2,1H3/t17-/m1/s1. The predicted octanol–water partition coefficient (Wildman–Crippen LogP) is 1.84. The van der Waals surface area contributed by atoms with Crippen molar-refractivity contribution in [3.63, 3.8) is 0 Å². The normalized spacial score (nSPS) is 18.2. The quantitative estimate of drug-likeness (QED) is 0.810. The van der Waals surface area contributed by atoms with Crippen LogP contribution in [0.5, 0.6) is 5.75 Å². The van der Waals surface area contributed by atoms with Gasteiger partial charge in [-0.2, -0.15) is 10.4 Å². The maximum absolute atomic E-state index is 9.08. The molecule has 0 bridgehead atoms. The van der Waals surface area contributed by atoms with E-state index in [0.29, 0.717) is 17.9 Å². The number of hydrogen-bond donors (Lipinski definition) is 0. The molecule has 0 spiro atoms. The highest BCUT2D eigenvalue weighted by Crippen LogP contribution is 2.16. The van der Waals surface area contributed by atoms with Crippen molar-refractivity contribution in [3.8, 4) is 11.8 Å². The van der Waals surface area contributed by atoms with Crippen LogP contribution in [-0.2, 0) is 11.3 Å². The molecule has 6 heteroatoms. The summed E-state index contributed by atoms with van der Waals surface area (Å²) in [6.07, 6.45) is 4.04. The molecule has 0 aliphatic carbocycles. The number of ether oxygens (including phenoxy) is 2. The third-order valence-corrected chi connectivity index (χ3v) is 4.05. The van der Waals surface area contributed by atoms with Gasteiger partial charge in [-0.25, -0.2) is 0 Å². The van der Waals surface area contributed by atoms with Crippen LogP contribution in [0.4, 0.5) is 0 Å². The predicted molar refractivity (Wildman–Crippen MR) is 89.8 cm³/mol. The van der Waals surface area contributed by atoms with Crippen LogP contribution in [-0.4, -0.2) is 53.6 Å². The van der Waals surface area contributed by atoms with Gasteiger partial charge in [-0.3, -0.25) is 9.58 Å². The van der Waals surface area contributed by atoms with Crippen LogP contribution in [0.1, 0.15) is 11.1 Å². The number of nitriles is 1. The molecular formula is C18H22N4O2. The molecule has 1 aliphatic rings. The molecular weight excluding hydrogens is 304 g/mol. The van der Waals surface area contributed by atoms with Gasteiger partial charge in [-0.1, -0.05) is 12.1 Å². The van der Waals surface area contributed by atoms with Gasteiger partial charge in [0.1, 0.15) is 18.4 Å². The van der Waals surface area contributed by atoms with E-state index >= 15 is 0 Å². The Morgan fingerprint density at radius 3 is 3.08 bits per heavy atom. The van der Waals surface area contributed by atoms with E-state index in [2.05, 4.69) is 16.1 Å². The fourth-order valence-corrected chi connectivity index (χ4v) is 2.84. The molecule has 0 unspecified atom stereocenters. The van der Waals surface area contributed by atoms with E-state index in [1.54, 1.807) is 6.07 Å². The lowest BCUT2D eigenvalue weighted by Crippen LogP contribution is -2.45. The Kier molecular flexibility index (Phi) is 5.47. The van der Waals surface area contributed by atoms with Crippen molar-refractivity contribution in [2.75, 3.05) is 32.8 Å². The molecule has 3 rings (SSSR count). The number of para-hydroxylation sites is 1. The number of nitrogens with zero attached hydrogens (tertiary/aromatic N) is 4. The van der Waals surface area contributed by atoms with E-state index in [4.69, 9.17) is 14.7 Å². The summed E-state index contributed by atoms with van der Waals surface area (Å²) in [5.74, 6) is 0.650. The Hall–Kier alpha value is -2.36. The summed E-state index contributed by atoms with van der Waals surface area (Å²) in [5, 5.41) is 13.4. The summed E-state index contributed by atoms with van der Waals surface area (Å²) in [7, 11) is 0. The van der Waals surface area contributed by atoms with Crippen molar-refractivity contribution in [3.05, 3.63) is 47.8 Å². The van der Waals surface area contributed by atoms with Crippen LogP contribution < -0.4 is 4.74 Å². The fraction of sp³-hybridized carbons (Fsp3) is 0.444. The Morgan fingerprint density at radius 2 is 2.29 bits per heavy atom. The minimum Gasteiger partial charge on any atom is -0.491 e. The summed E-state index contributed by atoms with van der Waals surface area (Å²) in [5.41, 5.74) is 1.73. The van der Waals surface area contributed by atoms with Crippen molar-refractivity contribution in [1.82, 2.24) is 14.7 Å². The lowest BCUT2D eigenvalue weighted by atomic mass is 10.2. The fourth-order valence-electron chi connectivity index (χ4n) is 2.84. The molecule has 2 aromatic rings. The smallest absolute Gasteiger partial charge is 0.137 e. The molecule has 1 aromatic heterocycles. The number of aromatic nitrogens is 2. The summed E-state index contributed by atoms with van der Waals surface area (Å²) in [4.78, 5) is 2.33. The molecule has 0 amide bonds.